The molecule has 29 nitrogen and oxygen atoms in total. The zero-order chi connectivity index (χ0) is 57.0. The number of aliphatic hydroxyl groups excluding tert-OH is 1. The highest BCUT2D eigenvalue weighted by Gasteiger charge is 2.38. The zero-order valence-corrected chi connectivity index (χ0v) is 42.3. The first kappa shape index (κ1) is 62.1. The highest BCUT2D eigenvalue weighted by molar-refractivity contribution is 6.00. The van der Waals surface area contributed by atoms with Crippen LogP contribution in [0.25, 0.3) is 10.9 Å². The molecule has 10 amide bonds. The van der Waals surface area contributed by atoms with Gasteiger partial charge in [0, 0.05) is 36.5 Å². The summed E-state index contributed by atoms with van der Waals surface area (Å²) in [4.78, 5) is 172. The molecule has 1 fully saturated rings. The zero-order valence-electron chi connectivity index (χ0n) is 42.3. The predicted octanol–water partition coefficient (Wildman–Crippen LogP) is -4.84. The molecular formula is C47H68N12O17. The number of nitrogens with one attached hydrogen (secondary N) is 9. The highest BCUT2D eigenvalue weighted by Crippen LogP contribution is 2.21. The quantitative estimate of drug-likeness (QED) is 0.0337. The number of carboxylic acid groups (broad SMARTS) is 3. The number of H-pyrrole nitrogens is 1. The molecule has 76 heavy (non-hydrogen) atoms. The molecule has 1 aliphatic heterocycles. The number of nitrogens with two attached hydrogens (primary N) is 2. The summed E-state index contributed by atoms with van der Waals surface area (Å²) in [5.41, 5.74) is 11.9. The number of nitrogens with zero attached hydrogens (tertiary/aromatic N) is 1. The minimum absolute atomic E-state index is 0.113. The van der Waals surface area contributed by atoms with Crippen molar-refractivity contribution in [2.75, 3.05) is 26.2 Å². The summed E-state index contributed by atoms with van der Waals surface area (Å²) >= 11 is 0. The van der Waals surface area contributed by atoms with Crippen molar-refractivity contribution in [3.63, 3.8) is 0 Å². The van der Waals surface area contributed by atoms with Gasteiger partial charge >= 0.3 is 17.9 Å². The number of para-hydroxylation sites is 1. The second-order valence-corrected chi connectivity index (χ2v) is 18.5. The number of aliphatic carboxylic acids is 3. The molecule has 3 rings (SSSR count). The van der Waals surface area contributed by atoms with E-state index < -0.39 is 183 Å². The molecule has 29 heteroatoms. The Bertz CT molecular complexity index is 2480. The molecule has 0 unspecified atom stereocenters. The Morgan fingerprint density at radius 1 is 0.697 bits per heavy atom. The molecular weight excluding hydrogens is 1000 g/mol. The fourth-order valence-electron chi connectivity index (χ4n) is 7.94. The van der Waals surface area contributed by atoms with Gasteiger partial charge in [0.15, 0.2) is 0 Å². The third-order valence-electron chi connectivity index (χ3n) is 12.3. The van der Waals surface area contributed by atoms with Crippen molar-refractivity contribution in [1.29, 1.82) is 0 Å². The SMILES string of the molecule is CC[C@H](C)[C@H](NC(=O)[C@H](Cc1c[nH]c2ccccc12)NC(=O)[C@@H](NC(=O)[C@H](CCC(=O)O)NC(=O)[C@H](CC(N)=O)NC(=O)CNC(=O)[C@@H](N)CO)C(C)C)C(=O)N[C@@H](CC(=O)O)C(=O)NCC(=O)N1CCC[C@H]1C(=O)O. The number of fused-ring (bicyclic) bond motifs is 1. The average molecular weight is 1070 g/mol. The molecule has 418 valence electrons. The minimum atomic E-state index is -1.79. The van der Waals surface area contributed by atoms with Crippen molar-refractivity contribution in [2.45, 2.75) is 127 Å². The van der Waals surface area contributed by atoms with Crippen LogP contribution in [0.1, 0.15) is 78.2 Å². The monoisotopic (exact) mass is 1070 g/mol. The number of benzene rings is 1. The Labute approximate surface area is 435 Å². The van der Waals surface area contributed by atoms with Gasteiger partial charge in [-0.05, 0) is 42.7 Å². The molecule has 0 radical (unpaired) electrons. The van der Waals surface area contributed by atoms with E-state index in [2.05, 4.69) is 47.5 Å². The Hall–Kier alpha value is -8.21. The summed E-state index contributed by atoms with van der Waals surface area (Å²) in [6.07, 6.45) is -0.932. The average Bonchev–Trinajstić information content (AvgIpc) is 4.03. The van der Waals surface area contributed by atoms with Gasteiger partial charge in [-0.1, -0.05) is 52.3 Å². The number of hydrogen-bond donors (Lipinski definition) is 15. The summed E-state index contributed by atoms with van der Waals surface area (Å²) in [6.45, 7) is 4.14. The molecule has 2 aromatic rings. The first-order chi connectivity index (χ1) is 35.8. The van der Waals surface area contributed by atoms with Crippen LogP contribution in [0.5, 0.6) is 0 Å². The molecule has 1 saturated heterocycles. The van der Waals surface area contributed by atoms with Crippen LogP contribution < -0.4 is 54.0 Å². The van der Waals surface area contributed by atoms with Gasteiger partial charge in [0.2, 0.25) is 59.1 Å². The lowest BCUT2D eigenvalue weighted by atomic mass is 9.96. The van der Waals surface area contributed by atoms with Gasteiger partial charge in [-0.25, -0.2) is 4.79 Å². The number of aromatic nitrogens is 1. The van der Waals surface area contributed by atoms with E-state index >= 15 is 0 Å². The largest absolute Gasteiger partial charge is 0.481 e. The van der Waals surface area contributed by atoms with Crippen molar-refractivity contribution in [3.8, 4) is 0 Å². The summed E-state index contributed by atoms with van der Waals surface area (Å²) in [5, 5.41) is 57.2. The van der Waals surface area contributed by atoms with Crippen LogP contribution in [0, 0.1) is 11.8 Å². The number of carbonyl (C=O) groups is 13. The lowest BCUT2D eigenvalue weighted by molar-refractivity contribution is -0.148. The Balaban J connectivity index is 1.91. The van der Waals surface area contributed by atoms with Crippen LogP contribution in [0.3, 0.4) is 0 Å². The van der Waals surface area contributed by atoms with Crippen LogP contribution in [0.15, 0.2) is 30.5 Å². The van der Waals surface area contributed by atoms with Gasteiger partial charge in [0.1, 0.15) is 48.3 Å². The first-order valence-corrected chi connectivity index (χ1v) is 24.3. The van der Waals surface area contributed by atoms with Crippen LogP contribution in [0.4, 0.5) is 0 Å². The number of amides is 10. The summed E-state index contributed by atoms with van der Waals surface area (Å²) in [5.74, 6) is -15.8. The number of rotatable bonds is 31. The van der Waals surface area contributed by atoms with Crippen LogP contribution in [0.2, 0.25) is 0 Å². The number of primary amides is 1. The van der Waals surface area contributed by atoms with Gasteiger partial charge in [0.05, 0.1) is 32.5 Å². The summed E-state index contributed by atoms with van der Waals surface area (Å²) < 4.78 is 0. The Kier molecular flexibility index (Phi) is 24.2. The van der Waals surface area contributed by atoms with E-state index in [1.54, 1.807) is 44.3 Å². The minimum Gasteiger partial charge on any atom is -0.481 e. The maximum absolute atomic E-state index is 14.5. The number of aromatic amines is 1. The molecule has 0 spiro atoms. The standard InChI is InChI=1S/C47H68N12O17/c1-5-23(4)39(46(74)56-31(17-37(66)67)41(69)52-20-35(63)59-14-8-11-32(59)47(75)76)58-44(72)29(15-24-18-50-27-10-7-6-9-25(24)27)55-45(73)38(22(2)3)57-42(70)28(12-13-36(64)65)54-43(71)30(16-33(49)61)53-34(62)19-51-40(68)26(48)21-60/h6-7,9-10,18,22-23,26,28-32,38-39,50,60H,5,8,11-17,19-21,48H2,1-4H3,(H2,49,61)(H,51,68)(H,52,69)(H,53,62)(H,54,71)(H,55,73)(H,56,74)(H,57,70)(H,58,72)(H,64,65)(H,66,67)(H,75,76)/t23-,26-,28-,29-,30-,31-,32-,38-,39-/m0/s1. The third kappa shape index (κ3) is 18.9. The molecule has 9 atom stereocenters. The van der Waals surface area contributed by atoms with Crippen LogP contribution in [-0.4, -0.2) is 182 Å². The van der Waals surface area contributed by atoms with E-state index in [1.807, 2.05) is 0 Å². The highest BCUT2D eigenvalue weighted by atomic mass is 16.4. The molecule has 0 aliphatic carbocycles. The maximum Gasteiger partial charge on any atom is 0.326 e. The Morgan fingerprint density at radius 2 is 1.28 bits per heavy atom. The molecule has 1 aromatic carbocycles. The van der Waals surface area contributed by atoms with E-state index in [0.29, 0.717) is 22.9 Å². The topological polar surface area (TPSA) is 470 Å². The molecule has 2 heterocycles. The molecule has 17 N–H and O–H groups in total. The van der Waals surface area contributed by atoms with Crippen molar-refractivity contribution >= 4 is 87.9 Å². The van der Waals surface area contributed by atoms with Gasteiger partial charge < -0.3 is 84.3 Å². The number of carbonyl (C=O) groups excluding carboxylic acids is 10. The van der Waals surface area contributed by atoms with Crippen LogP contribution >= 0.6 is 0 Å². The fraction of sp³-hybridized carbons (Fsp3) is 0.553. The van der Waals surface area contributed by atoms with Gasteiger partial charge in [0.25, 0.3) is 0 Å². The van der Waals surface area contributed by atoms with Gasteiger partial charge in [-0.2, -0.15) is 0 Å². The van der Waals surface area contributed by atoms with Gasteiger partial charge in [-0.15, -0.1) is 0 Å². The van der Waals surface area contributed by atoms with Crippen molar-refractivity contribution in [3.05, 3.63) is 36.0 Å². The van der Waals surface area contributed by atoms with E-state index in [0.717, 1.165) is 4.90 Å². The molecule has 0 bridgehead atoms. The predicted molar refractivity (Wildman–Crippen MR) is 264 cm³/mol. The second kappa shape index (κ2) is 29.6. The number of carboxylic acids is 3. The summed E-state index contributed by atoms with van der Waals surface area (Å²) in [7, 11) is 0. The van der Waals surface area contributed by atoms with E-state index in [4.69, 9.17) is 16.6 Å². The van der Waals surface area contributed by atoms with Crippen molar-refractivity contribution < 1.29 is 82.8 Å². The smallest absolute Gasteiger partial charge is 0.326 e. The first-order valence-electron chi connectivity index (χ1n) is 24.3. The number of hydrogen-bond acceptors (Lipinski definition) is 15. The van der Waals surface area contributed by atoms with Crippen LogP contribution in [-0.2, 0) is 68.7 Å². The lowest BCUT2D eigenvalue weighted by Crippen LogP contribution is -2.62. The third-order valence-corrected chi connectivity index (χ3v) is 12.3. The van der Waals surface area contributed by atoms with E-state index in [-0.39, 0.29) is 25.8 Å². The van der Waals surface area contributed by atoms with Crippen molar-refractivity contribution in [1.82, 2.24) is 52.4 Å². The normalized spacial score (nSPS) is 16.2. The fourth-order valence-corrected chi connectivity index (χ4v) is 7.94. The van der Waals surface area contributed by atoms with E-state index in [9.17, 15) is 77.6 Å². The van der Waals surface area contributed by atoms with Crippen molar-refractivity contribution in [2.24, 2.45) is 23.3 Å². The molecule has 1 aliphatic rings. The maximum atomic E-state index is 14.5. The van der Waals surface area contributed by atoms with E-state index in [1.165, 1.54) is 13.8 Å². The summed E-state index contributed by atoms with van der Waals surface area (Å²) in [6, 6.07) is -5.40. The number of aliphatic hydroxyl groups is 1. The lowest BCUT2D eigenvalue weighted by Gasteiger charge is -2.30. The number of likely N-dealkylation sites (tertiary alicyclic amines) is 1. The molecule has 1 aromatic heterocycles. The van der Waals surface area contributed by atoms with Gasteiger partial charge in [-0.3, -0.25) is 57.5 Å². The second-order valence-electron chi connectivity index (χ2n) is 18.5. The molecule has 0 saturated carbocycles. The Morgan fingerprint density at radius 3 is 1.88 bits per heavy atom.